The van der Waals surface area contributed by atoms with Crippen LogP contribution < -0.4 is 4.90 Å². The third-order valence-electron chi connectivity index (χ3n) is 3.56. The van der Waals surface area contributed by atoms with Crippen LogP contribution in [0.25, 0.3) is 0 Å². The van der Waals surface area contributed by atoms with E-state index in [4.69, 9.17) is 4.74 Å². The highest BCUT2D eigenvalue weighted by Crippen LogP contribution is 2.37. The first kappa shape index (κ1) is 14.0. The van der Waals surface area contributed by atoms with Gasteiger partial charge in [0.05, 0.1) is 13.2 Å². The second-order valence-corrected chi connectivity index (χ2v) is 7.53. The third-order valence-corrected chi connectivity index (χ3v) is 5.40. The van der Waals surface area contributed by atoms with Gasteiger partial charge >= 0.3 is 0 Å². The molecule has 6 nitrogen and oxygen atoms in total. The summed E-state index contributed by atoms with van der Waals surface area (Å²) in [6.07, 6.45) is 2.00. The van der Waals surface area contributed by atoms with E-state index in [-0.39, 0.29) is 12.1 Å². The van der Waals surface area contributed by atoms with E-state index >= 15 is 0 Å². The molecule has 2 heterocycles. The summed E-state index contributed by atoms with van der Waals surface area (Å²) in [5, 5.41) is 0. The molecule has 2 saturated heterocycles. The van der Waals surface area contributed by atoms with Gasteiger partial charge in [-0.25, -0.2) is 0 Å². The lowest BCUT2D eigenvalue weighted by Gasteiger charge is -2.26. The van der Waals surface area contributed by atoms with Crippen LogP contribution in [0.1, 0.15) is 12.8 Å². The fraction of sp³-hybridized carbons (Fsp3) is 0.909. The van der Waals surface area contributed by atoms with Gasteiger partial charge in [0.25, 0.3) is 7.37 Å². The first-order valence-corrected chi connectivity index (χ1v) is 8.60. The maximum absolute atomic E-state index is 12.1. The molecule has 0 spiro atoms. The van der Waals surface area contributed by atoms with Gasteiger partial charge in [0.1, 0.15) is 13.1 Å². The van der Waals surface area contributed by atoms with E-state index in [0.717, 1.165) is 31.0 Å². The first-order chi connectivity index (χ1) is 8.57. The SMILES string of the molecule is O=C1CCCN1CCP(=O)(O)C[NH+]1CCOCC1. The Kier molecular flexibility index (Phi) is 4.78. The van der Waals surface area contributed by atoms with Crippen molar-refractivity contribution in [1.29, 1.82) is 0 Å². The molecular weight excluding hydrogens is 255 g/mol. The molecule has 0 aromatic carbocycles. The molecule has 2 aliphatic heterocycles. The number of morpholine rings is 1. The number of ether oxygens (including phenoxy) is 1. The summed E-state index contributed by atoms with van der Waals surface area (Å²) >= 11 is 0. The molecule has 2 rings (SSSR count). The lowest BCUT2D eigenvalue weighted by atomic mass is 10.4. The molecule has 0 radical (unpaired) electrons. The van der Waals surface area contributed by atoms with E-state index in [0.29, 0.717) is 32.5 Å². The van der Waals surface area contributed by atoms with Crippen molar-refractivity contribution in [1.82, 2.24) is 4.90 Å². The number of nitrogens with zero attached hydrogens (tertiary/aromatic N) is 1. The van der Waals surface area contributed by atoms with Crippen molar-refractivity contribution in [3.05, 3.63) is 0 Å². The Morgan fingerprint density at radius 1 is 1.39 bits per heavy atom. The fourth-order valence-electron chi connectivity index (χ4n) is 2.46. The first-order valence-electron chi connectivity index (χ1n) is 6.57. The molecule has 0 saturated carbocycles. The summed E-state index contributed by atoms with van der Waals surface area (Å²) in [5.41, 5.74) is 0. The van der Waals surface area contributed by atoms with Crippen molar-refractivity contribution in [3.8, 4) is 0 Å². The van der Waals surface area contributed by atoms with Crippen LogP contribution in [0.5, 0.6) is 0 Å². The Hall–Kier alpha value is -0.420. The van der Waals surface area contributed by atoms with Crippen molar-refractivity contribution >= 4 is 13.3 Å². The second-order valence-electron chi connectivity index (χ2n) is 5.07. The molecule has 2 fully saturated rings. The number of quaternary nitrogens is 1. The predicted octanol–water partition coefficient (Wildman–Crippen LogP) is -1.25. The molecule has 0 bridgehead atoms. The number of hydrogen-bond donors (Lipinski definition) is 2. The number of carbonyl (C=O) groups is 1. The number of carbonyl (C=O) groups excluding carboxylic acids is 1. The van der Waals surface area contributed by atoms with E-state index in [1.54, 1.807) is 4.90 Å². The fourth-order valence-corrected chi connectivity index (χ4v) is 4.19. The Bertz CT molecular complexity index is 344. The number of likely N-dealkylation sites (tertiary alicyclic amines) is 1. The van der Waals surface area contributed by atoms with E-state index in [1.165, 1.54) is 0 Å². The van der Waals surface area contributed by atoms with Crippen molar-refractivity contribution in [2.75, 3.05) is 51.8 Å². The van der Waals surface area contributed by atoms with Crippen LogP contribution in [0.4, 0.5) is 0 Å². The summed E-state index contributed by atoms with van der Waals surface area (Å²) in [5.74, 6) is 0.119. The average Bonchev–Trinajstić information content (AvgIpc) is 2.73. The summed E-state index contributed by atoms with van der Waals surface area (Å²) in [6, 6.07) is 0. The van der Waals surface area contributed by atoms with Crippen LogP contribution in [-0.4, -0.2) is 67.5 Å². The van der Waals surface area contributed by atoms with Gasteiger partial charge in [-0.3, -0.25) is 9.36 Å². The zero-order valence-corrected chi connectivity index (χ0v) is 11.5. The van der Waals surface area contributed by atoms with Gasteiger partial charge in [0, 0.05) is 25.7 Å². The summed E-state index contributed by atoms with van der Waals surface area (Å²) < 4.78 is 17.3. The topological polar surface area (TPSA) is 71.3 Å². The smallest absolute Gasteiger partial charge is 0.254 e. The summed E-state index contributed by atoms with van der Waals surface area (Å²) in [4.78, 5) is 24.2. The molecule has 0 aliphatic carbocycles. The number of rotatable bonds is 5. The molecule has 104 valence electrons. The van der Waals surface area contributed by atoms with Crippen molar-refractivity contribution in [2.45, 2.75) is 12.8 Å². The van der Waals surface area contributed by atoms with E-state index in [2.05, 4.69) is 0 Å². The van der Waals surface area contributed by atoms with Gasteiger partial charge in [0.2, 0.25) is 5.91 Å². The molecule has 1 unspecified atom stereocenters. The minimum atomic E-state index is -3.13. The molecule has 2 aliphatic rings. The standard InChI is InChI=1S/C11H21N2O4P/c14-11-2-1-3-13(11)6-9-18(15,16)10-12-4-7-17-8-5-12/h1-10H2,(H,15,16)/p+1. The van der Waals surface area contributed by atoms with Crippen LogP contribution in [0.15, 0.2) is 0 Å². The van der Waals surface area contributed by atoms with Gasteiger partial charge in [-0.15, -0.1) is 0 Å². The molecule has 0 aromatic heterocycles. The van der Waals surface area contributed by atoms with Gasteiger partial charge in [-0.2, -0.15) is 0 Å². The van der Waals surface area contributed by atoms with Gasteiger partial charge in [-0.1, -0.05) is 0 Å². The molecule has 7 heteroatoms. The summed E-state index contributed by atoms with van der Waals surface area (Å²) in [6.45, 7) is 4.10. The monoisotopic (exact) mass is 277 g/mol. The number of amides is 1. The summed E-state index contributed by atoms with van der Waals surface area (Å²) in [7, 11) is -3.13. The third kappa shape index (κ3) is 4.05. The maximum Gasteiger partial charge on any atom is 0.254 e. The Morgan fingerprint density at radius 2 is 2.11 bits per heavy atom. The molecular formula is C11H22N2O4P+. The van der Waals surface area contributed by atoms with Crippen LogP contribution in [0.2, 0.25) is 0 Å². The molecule has 2 N–H and O–H groups in total. The zero-order valence-electron chi connectivity index (χ0n) is 10.6. The molecule has 0 aromatic rings. The van der Waals surface area contributed by atoms with Crippen LogP contribution in [-0.2, 0) is 14.1 Å². The molecule has 1 atom stereocenters. The molecule has 18 heavy (non-hydrogen) atoms. The minimum absolute atomic E-state index is 0.119. The van der Waals surface area contributed by atoms with Crippen molar-refractivity contribution < 1.29 is 23.9 Å². The van der Waals surface area contributed by atoms with Gasteiger partial charge in [-0.05, 0) is 6.42 Å². The minimum Gasteiger partial charge on any atom is -0.370 e. The van der Waals surface area contributed by atoms with Crippen molar-refractivity contribution in [2.24, 2.45) is 0 Å². The molecule has 1 amide bonds. The number of nitrogens with one attached hydrogen (secondary N) is 1. The highest BCUT2D eigenvalue weighted by atomic mass is 31.2. The Morgan fingerprint density at radius 3 is 2.72 bits per heavy atom. The Labute approximate surface area is 107 Å². The maximum atomic E-state index is 12.1. The highest BCUT2D eigenvalue weighted by molar-refractivity contribution is 7.57. The van der Waals surface area contributed by atoms with Gasteiger partial charge < -0.3 is 19.4 Å². The predicted molar refractivity (Wildman–Crippen MR) is 66.9 cm³/mol. The second kappa shape index (κ2) is 6.15. The largest absolute Gasteiger partial charge is 0.370 e. The highest BCUT2D eigenvalue weighted by Gasteiger charge is 2.29. The van der Waals surface area contributed by atoms with E-state index < -0.39 is 7.37 Å². The average molecular weight is 277 g/mol. The normalized spacial score (nSPS) is 25.4. The zero-order chi connectivity index (χ0) is 13.0. The van der Waals surface area contributed by atoms with Crippen LogP contribution >= 0.6 is 7.37 Å². The lowest BCUT2D eigenvalue weighted by molar-refractivity contribution is -0.897. The lowest BCUT2D eigenvalue weighted by Crippen LogP contribution is -3.13. The van der Waals surface area contributed by atoms with Crippen LogP contribution in [0.3, 0.4) is 0 Å². The number of hydrogen-bond acceptors (Lipinski definition) is 3. The van der Waals surface area contributed by atoms with E-state index in [1.807, 2.05) is 0 Å². The van der Waals surface area contributed by atoms with E-state index in [9.17, 15) is 14.3 Å². The Balaban J connectivity index is 1.75. The quantitative estimate of drug-likeness (QED) is 0.616. The van der Waals surface area contributed by atoms with Crippen LogP contribution in [0, 0.1) is 0 Å². The van der Waals surface area contributed by atoms with Gasteiger partial charge in [0.15, 0.2) is 6.29 Å². The van der Waals surface area contributed by atoms with Crippen molar-refractivity contribution in [3.63, 3.8) is 0 Å².